The molecule has 1 aromatic rings. The molecule has 0 radical (unpaired) electrons. The zero-order chi connectivity index (χ0) is 14.6. The van der Waals surface area contributed by atoms with E-state index in [4.69, 9.17) is 0 Å². The molecular weight excluding hydrogens is 312 g/mol. The molecule has 0 aliphatic heterocycles. The second-order valence-corrected chi connectivity index (χ2v) is 7.18. The Morgan fingerprint density at radius 1 is 1.35 bits per heavy atom. The fourth-order valence-electron chi connectivity index (χ4n) is 3.14. The standard InChI is InChI=1S/C17H23BrN2/c1-13(2)14-5-4-9-17(12-19,10-8-14)20-16-7-3-6-15(18)11-16/h3,6-7,11,13-14,20H,4-5,8-10H2,1-2H3. The van der Waals surface area contributed by atoms with Crippen molar-refractivity contribution in [3.8, 4) is 6.07 Å². The van der Waals surface area contributed by atoms with E-state index < -0.39 is 5.54 Å². The third kappa shape index (κ3) is 3.76. The van der Waals surface area contributed by atoms with Crippen LogP contribution in [0.1, 0.15) is 46.0 Å². The molecule has 0 aromatic heterocycles. The van der Waals surface area contributed by atoms with Gasteiger partial charge in [0.15, 0.2) is 0 Å². The Balaban J connectivity index is 2.12. The fraction of sp³-hybridized carbons (Fsp3) is 0.588. The predicted molar refractivity (Wildman–Crippen MR) is 87.5 cm³/mol. The minimum Gasteiger partial charge on any atom is -0.367 e. The highest BCUT2D eigenvalue weighted by Crippen LogP contribution is 2.36. The molecule has 2 nitrogen and oxygen atoms in total. The highest BCUT2D eigenvalue weighted by molar-refractivity contribution is 9.10. The van der Waals surface area contributed by atoms with Gasteiger partial charge in [0.25, 0.3) is 0 Å². The maximum absolute atomic E-state index is 9.70. The first-order valence-electron chi connectivity index (χ1n) is 7.50. The summed E-state index contributed by atoms with van der Waals surface area (Å²) in [4.78, 5) is 0. The average Bonchev–Trinajstić information content (AvgIpc) is 2.62. The summed E-state index contributed by atoms with van der Waals surface area (Å²) >= 11 is 3.49. The van der Waals surface area contributed by atoms with Crippen molar-refractivity contribution >= 4 is 21.6 Å². The van der Waals surface area contributed by atoms with Gasteiger partial charge in [-0.15, -0.1) is 0 Å². The Bertz CT molecular complexity index is 492. The average molecular weight is 335 g/mol. The van der Waals surface area contributed by atoms with Crippen LogP contribution in [0.3, 0.4) is 0 Å². The van der Waals surface area contributed by atoms with E-state index in [2.05, 4.69) is 41.2 Å². The summed E-state index contributed by atoms with van der Waals surface area (Å²) in [6.45, 7) is 4.59. The third-order valence-corrected chi connectivity index (χ3v) is 4.98. The number of anilines is 1. The van der Waals surface area contributed by atoms with Crippen molar-refractivity contribution < 1.29 is 0 Å². The molecule has 20 heavy (non-hydrogen) atoms. The number of nitriles is 1. The van der Waals surface area contributed by atoms with Crippen molar-refractivity contribution in [1.29, 1.82) is 5.26 Å². The summed E-state index contributed by atoms with van der Waals surface area (Å²) in [5, 5.41) is 13.2. The Hall–Kier alpha value is -1.01. The molecule has 1 aliphatic carbocycles. The maximum atomic E-state index is 9.70. The molecule has 0 saturated heterocycles. The van der Waals surface area contributed by atoms with Crippen LogP contribution in [0.25, 0.3) is 0 Å². The summed E-state index contributed by atoms with van der Waals surface area (Å²) < 4.78 is 1.05. The number of benzene rings is 1. The van der Waals surface area contributed by atoms with Gasteiger partial charge in [-0.2, -0.15) is 5.26 Å². The molecule has 2 rings (SSSR count). The maximum Gasteiger partial charge on any atom is 0.125 e. The molecule has 0 amide bonds. The van der Waals surface area contributed by atoms with Gasteiger partial charge in [0, 0.05) is 10.2 Å². The molecule has 2 unspecified atom stereocenters. The van der Waals surface area contributed by atoms with Gasteiger partial charge in [-0.25, -0.2) is 0 Å². The monoisotopic (exact) mass is 334 g/mol. The van der Waals surface area contributed by atoms with Crippen LogP contribution in [0, 0.1) is 23.2 Å². The molecular formula is C17H23BrN2. The Kier molecular flexibility index (Phi) is 5.10. The number of rotatable bonds is 3. The van der Waals surface area contributed by atoms with Gasteiger partial charge in [0.1, 0.15) is 5.54 Å². The first-order valence-corrected chi connectivity index (χ1v) is 8.29. The lowest BCUT2D eigenvalue weighted by molar-refractivity contribution is 0.339. The zero-order valence-electron chi connectivity index (χ0n) is 12.3. The van der Waals surface area contributed by atoms with E-state index >= 15 is 0 Å². The van der Waals surface area contributed by atoms with E-state index in [0.717, 1.165) is 47.7 Å². The van der Waals surface area contributed by atoms with Crippen LogP contribution in [-0.4, -0.2) is 5.54 Å². The number of nitrogens with zero attached hydrogens (tertiary/aromatic N) is 1. The van der Waals surface area contributed by atoms with Crippen LogP contribution in [0.15, 0.2) is 28.7 Å². The third-order valence-electron chi connectivity index (χ3n) is 4.49. The summed E-state index contributed by atoms with van der Waals surface area (Å²) in [5.41, 5.74) is 0.633. The minimum atomic E-state index is -0.398. The van der Waals surface area contributed by atoms with Crippen molar-refractivity contribution in [2.24, 2.45) is 11.8 Å². The normalized spacial score (nSPS) is 26.9. The minimum absolute atomic E-state index is 0.398. The van der Waals surface area contributed by atoms with Crippen LogP contribution in [0.4, 0.5) is 5.69 Å². The SMILES string of the molecule is CC(C)C1CCCC(C#N)(Nc2cccc(Br)c2)CC1. The molecule has 0 spiro atoms. The molecule has 1 fully saturated rings. The quantitative estimate of drug-likeness (QED) is 0.755. The van der Waals surface area contributed by atoms with Crippen molar-refractivity contribution in [3.05, 3.63) is 28.7 Å². The Labute approximate surface area is 130 Å². The Morgan fingerprint density at radius 3 is 2.80 bits per heavy atom. The van der Waals surface area contributed by atoms with Crippen LogP contribution in [0.2, 0.25) is 0 Å². The van der Waals surface area contributed by atoms with E-state index in [1.165, 1.54) is 6.42 Å². The van der Waals surface area contributed by atoms with Crippen LogP contribution < -0.4 is 5.32 Å². The topological polar surface area (TPSA) is 35.8 Å². The van der Waals surface area contributed by atoms with Gasteiger partial charge in [-0.05, 0) is 55.7 Å². The van der Waals surface area contributed by atoms with Gasteiger partial charge in [-0.1, -0.05) is 42.3 Å². The number of halogens is 1. The highest BCUT2D eigenvalue weighted by Gasteiger charge is 2.33. The number of nitrogens with one attached hydrogen (secondary N) is 1. The molecule has 1 N–H and O–H groups in total. The van der Waals surface area contributed by atoms with Crippen LogP contribution in [-0.2, 0) is 0 Å². The lowest BCUT2D eigenvalue weighted by Gasteiger charge is -2.28. The number of hydrogen-bond acceptors (Lipinski definition) is 2. The Morgan fingerprint density at radius 2 is 2.15 bits per heavy atom. The lowest BCUT2D eigenvalue weighted by Crippen LogP contribution is -2.36. The highest BCUT2D eigenvalue weighted by atomic mass is 79.9. The van der Waals surface area contributed by atoms with Gasteiger partial charge in [0.05, 0.1) is 6.07 Å². The van der Waals surface area contributed by atoms with E-state index in [1.54, 1.807) is 0 Å². The van der Waals surface area contributed by atoms with Gasteiger partial charge in [0.2, 0.25) is 0 Å². The predicted octanol–water partition coefficient (Wildman–Crippen LogP) is 5.36. The molecule has 0 heterocycles. The van der Waals surface area contributed by atoms with Crippen molar-refractivity contribution in [1.82, 2.24) is 0 Å². The largest absolute Gasteiger partial charge is 0.367 e. The molecule has 108 valence electrons. The van der Waals surface area contributed by atoms with Gasteiger partial charge in [-0.3, -0.25) is 0 Å². The summed E-state index contributed by atoms with van der Waals surface area (Å²) in [7, 11) is 0. The summed E-state index contributed by atoms with van der Waals surface area (Å²) in [6, 6.07) is 10.7. The second kappa shape index (κ2) is 6.63. The first kappa shape index (κ1) is 15.4. The smallest absolute Gasteiger partial charge is 0.125 e. The van der Waals surface area contributed by atoms with E-state index in [-0.39, 0.29) is 0 Å². The molecule has 0 bridgehead atoms. The van der Waals surface area contributed by atoms with Crippen molar-refractivity contribution in [3.63, 3.8) is 0 Å². The summed E-state index contributed by atoms with van der Waals surface area (Å²) in [6.07, 6.45) is 5.42. The van der Waals surface area contributed by atoms with Crippen molar-refractivity contribution in [2.45, 2.75) is 51.5 Å². The van der Waals surface area contributed by atoms with Gasteiger partial charge >= 0.3 is 0 Å². The first-order chi connectivity index (χ1) is 9.54. The number of hydrogen-bond donors (Lipinski definition) is 1. The molecule has 1 saturated carbocycles. The van der Waals surface area contributed by atoms with Gasteiger partial charge < -0.3 is 5.32 Å². The zero-order valence-corrected chi connectivity index (χ0v) is 13.9. The van der Waals surface area contributed by atoms with E-state index in [0.29, 0.717) is 0 Å². The molecule has 2 atom stereocenters. The van der Waals surface area contributed by atoms with Crippen LogP contribution >= 0.6 is 15.9 Å². The lowest BCUT2D eigenvalue weighted by atomic mass is 9.87. The van der Waals surface area contributed by atoms with E-state index in [1.807, 2.05) is 24.3 Å². The molecule has 3 heteroatoms. The van der Waals surface area contributed by atoms with Crippen molar-refractivity contribution in [2.75, 3.05) is 5.32 Å². The second-order valence-electron chi connectivity index (χ2n) is 6.26. The molecule has 1 aromatic carbocycles. The molecule has 1 aliphatic rings. The fourth-order valence-corrected chi connectivity index (χ4v) is 3.54. The van der Waals surface area contributed by atoms with E-state index in [9.17, 15) is 5.26 Å². The summed E-state index contributed by atoms with van der Waals surface area (Å²) in [5.74, 6) is 1.48. The van der Waals surface area contributed by atoms with Crippen LogP contribution in [0.5, 0.6) is 0 Å².